The van der Waals surface area contributed by atoms with Crippen LogP contribution in [0.1, 0.15) is 21.6 Å². The third kappa shape index (κ3) is 5.97. The normalized spacial score (nSPS) is 10.9. The van der Waals surface area contributed by atoms with E-state index in [0.717, 1.165) is 16.8 Å². The lowest BCUT2D eigenvalue weighted by molar-refractivity contribution is 0.0965. The standard InChI is InChI=1S/C21H21ClN4O3/c1-25(2)12-15-3-5-16(6-4-15)20(27)13-26-21(28)9-19(11-24-26)29-14-18-8-7-17(22)10-23-18/h3-11H,12-14H2,1-2H3. The summed E-state index contributed by atoms with van der Waals surface area (Å²) in [6, 6.07) is 12.1. The summed E-state index contributed by atoms with van der Waals surface area (Å²) in [5.74, 6) is 0.124. The molecule has 29 heavy (non-hydrogen) atoms. The van der Waals surface area contributed by atoms with Crippen LogP contribution in [0.15, 0.2) is 59.7 Å². The molecular formula is C21H21ClN4O3. The van der Waals surface area contributed by atoms with E-state index >= 15 is 0 Å². The number of carbonyl (C=O) groups excluding carboxylic acids is 1. The number of ketones is 1. The van der Waals surface area contributed by atoms with Gasteiger partial charge < -0.3 is 9.64 Å². The summed E-state index contributed by atoms with van der Waals surface area (Å²) in [7, 11) is 3.97. The highest BCUT2D eigenvalue weighted by molar-refractivity contribution is 6.30. The van der Waals surface area contributed by atoms with E-state index in [4.69, 9.17) is 16.3 Å². The van der Waals surface area contributed by atoms with Crippen LogP contribution in [0.2, 0.25) is 5.02 Å². The zero-order valence-corrected chi connectivity index (χ0v) is 17.0. The van der Waals surface area contributed by atoms with E-state index in [1.54, 1.807) is 24.3 Å². The molecule has 8 heteroatoms. The number of carbonyl (C=O) groups is 1. The fourth-order valence-electron chi connectivity index (χ4n) is 2.65. The number of nitrogens with zero attached hydrogens (tertiary/aromatic N) is 4. The van der Waals surface area contributed by atoms with E-state index in [1.807, 2.05) is 31.1 Å². The minimum Gasteiger partial charge on any atom is -0.485 e. The van der Waals surface area contributed by atoms with Gasteiger partial charge in [-0.25, -0.2) is 4.68 Å². The van der Waals surface area contributed by atoms with Crippen molar-refractivity contribution < 1.29 is 9.53 Å². The summed E-state index contributed by atoms with van der Waals surface area (Å²) in [5.41, 5.74) is 1.91. The van der Waals surface area contributed by atoms with Crippen molar-refractivity contribution in [3.8, 4) is 5.75 Å². The van der Waals surface area contributed by atoms with Crippen molar-refractivity contribution in [2.75, 3.05) is 14.1 Å². The molecule has 3 rings (SSSR count). The summed E-state index contributed by atoms with van der Waals surface area (Å²) >= 11 is 5.79. The second-order valence-corrected chi connectivity index (χ2v) is 7.24. The molecule has 2 heterocycles. The van der Waals surface area contributed by atoms with Crippen molar-refractivity contribution in [3.63, 3.8) is 0 Å². The van der Waals surface area contributed by atoms with Crippen LogP contribution in [0.3, 0.4) is 0 Å². The van der Waals surface area contributed by atoms with Crippen molar-refractivity contribution in [1.29, 1.82) is 0 Å². The molecule has 0 aliphatic heterocycles. The maximum absolute atomic E-state index is 12.5. The minimum atomic E-state index is -0.413. The Morgan fingerprint density at radius 2 is 1.90 bits per heavy atom. The number of rotatable bonds is 8. The van der Waals surface area contributed by atoms with E-state index in [-0.39, 0.29) is 18.9 Å². The molecule has 1 aromatic carbocycles. The molecule has 0 aliphatic rings. The fourth-order valence-corrected chi connectivity index (χ4v) is 2.76. The van der Waals surface area contributed by atoms with Crippen LogP contribution in [-0.2, 0) is 19.7 Å². The molecule has 0 aliphatic carbocycles. The first-order valence-electron chi connectivity index (χ1n) is 8.98. The Labute approximate surface area is 173 Å². The van der Waals surface area contributed by atoms with Crippen LogP contribution in [0.4, 0.5) is 0 Å². The molecule has 3 aromatic rings. The van der Waals surface area contributed by atoms with Crippen LogP contribution in [0.5, 0.6) is 5.75 Å². The van der Waals surface area contributed by atoms with Gasteiger partial charge in [-0.3, -0.25) is 14.6 Å². The molecule has 0 saturated heterocycles. The lowest BCUT2D eigenvalue weighted by Gasteiger charge is -2.10. The summed E-state index contributed by atoms with van der Waals surface area (Å²) in [5, 5.41) is 4.57. The Morgan fingerprint density at radius 3 is 2.52 bits per heavy atom. The van der Waals surface area contributed by atoms with Gasteiger partial charge in [0.2, 0.25) is 0 Å². The van der Waals surface area contributed by atoms with Gasteiger partial charge in [-0.05, 0) is 31.8 Å². The maximum atomic E-state index is 12.5. The molecule has 7 nitrogen and oxygen atoms in total. The Hall–Kier alpha value is -3.03. The first-order valence-corrected chi connectivity index (χ1v) is 9.36. The second kappa shape index (κ2) is 9.45. The van der Waals surface area contributed by atoms with Crippen molar-refractivity contribution in [2.24, 2.45) is 0 Å². The third-order valence-electron chi connectivity index (χ3n) is 4.09. The van der Waals surface area contributed by atoms with Gasteiger partial charge in [-0.2, -0.15) is 5.10 Å². The first kappa shape index (κ1) is 20.7. The van der Waals surface area contributed by atoms with Gasteiger partial charge in [0.25, 0.3) is 5.56 Å². The van der Waals surface area contributed by atoms with Gasteiger partial charge in [0.1, 0.15) is 18.9 Å². The zero-order chi connectivity index (χ0) is 20.8. The van der Waals surface area contributed by atoms with Gasteiger partial charge in [0.15, 0.2) is 5.78 Å². The summed E-state index contributed by atoms with van der Waals surface area (Å²) in [6.45, 7) is 0.841. The lowest BCUT2D eigenvalue weighted by atomic mass is 10.1. The molecule has 0 amide bonds. The Bertz CT molecular complexity index is 1030. The van der Waals surface area contributed by atoms with Gasteiger partial charge in [0.05, 0.1) is 16.9 Å². The second-order valence-electron chi connectivity index (χ2n) is 6.80. The Morgan fingerprint density at radius 1 is 1.14 bits per heavy atom. The van der Waals surface area contributed by atoms with Crippen molar-refractivity contribution in [2.45, 2.75) is 19.7 Å². The fraction of sp³-hybridized carbons (Fsp3) is 0.238. The molecule has 0 fully saturated rings. The summed E-state index contributed by atoms with van der Waals surface area (Å²) in [4.78, 5) is 30.9. The van der Waals surface area contributed by atoms with Crippen molar-refractivity contribution in [3.05, 3.63) is 87.1 Å². The highest BCUT2D eigenvalue weighted by atomic mass is 35.5. The molecular weight excluding hydrogens is 392 g/mol. The molecule has 0 unspecified atom stereocenters. The van der Waals surface area contributed by atoms with Gasteiger partial charge in [-0.1, -0.05) is 35.9 Å². The third-order valence-corrected chi connectivity index (χ3v) is 4.31. The van der Waals surface area contributed by atoms with Crippen molar-refractivity contribution in [1.82, 2.24) is 19.7 Å². The largest absolute Gasteiger partial charge is 0.485 e. The highest BCUT2D eigenvalue weighted by Crippen LogP contribution is 2.11. The van der Waals surface area contributed by atoms with E-state index in [9.17, 15) is 9.59 Å². The quantitative estimate of drug-likeness (QED) is 0.529. The number of benzene rings is 1. The number of pyridine rings is 1. The van der Waals surface area contributed by atoms with Crippen LogP contribution in [0, 0.1) is 0 Å². The molecule has 0 atom stereocenters. The number of ether oxygens (including phenoxy) is 1. The smallest absolute Gasteiger partial charge is 0.270 e. The molecule has 0 bridgehead atoms. The monoisotopic (exact) mass is 412 g/mol. The van der Waals surface area contributed by atoms with E-state index in [1.165, 1.54) is 18.5 Å². The SMILES string of the molecule is CN(C)Cc1ccc(C(=O)Cn2ncc(OCc3ccc(Cl)cn3)cc2=O)cc1. The van der Waals surface area contributed by atoms with Gasteiger partial charge in [-0.15, -0.1) is 0 Å². The van der Waals surface area contributed by atoms with Gasteiger partial charge in [0, 0.05) is 24.4 Å². The minimum absolute atomic E-state index is 0.134. The molecule has 0 spiro atoms. The van der Waals surface area contributed by atoms with Crippen LogP contribution >= 0.6 is 11.6 Å². The summed E-state index contributed by atoms with van der Waals surface area (Å²) in [6.07, 6.45) is 2.93. The first-order chi connectivity index (χ1) is 13.9. The van der Waals surface area contributed by atoms with Crippen LogP contribution < -0.4 is 10.3 Å². The topological polar surface area (TPSA) is 77.3 Å². The predicted molar refractivity (Wildman–Crippen MR) is 110 cm³/mol. The zero-order valence-electron chi connectivity index (χ0n) is 16.2. The molecule has 0 radical (unpaired) electrons. The molecule has 2 aromatic heterocycles. The highest BCUT2D eigenvalue weighted by Gasteiger charge is 2.10. The number of halogens is 1. The lowest BCUT2D eigenvalue weighted by Crippen LogP contribution is -2.26. The molecule has 150 valence electrons. The average molecular weight is 413 g/mol. The number of hydrogen-bond donors (Lipinski definition) is 0. The Kier molecular flexibility index (Phi) is 6.74. The van der Waals surface area contributed by atoms with E-state index in [0.29, 0.717) is 22.0 Å². The predicted octanol–water partition coefficient (Wildman–Crippen LogP) is 2.82. The van der Waals surface area contributed by atoms with E-state index in [2.05, 4.69) is 10.1 Å². The molecule has 0 N–H and O–H groups in total. The number of aromatic nitrogens is 3. The Balaban J connectivity index is 1.61. The van der Waals surface area contributed by atoms with Gasteiger partial charge >= 0.3 is 0 Å². The maximum Gasteiger partial charge on any atom is 0.270 e. The summed E-state index contributed by atoms with van der Waals surface area (Å²) < 4.78 is 6.65. The number of Topliss-reactive ketones (excluding diaryl/α,β-unsaturated/α-hetero) is 1. The van der Waals surface area contributed by atoms with E-state index < -0.39 is 5.56 Å². The number of hydrogen-bond acceptors (Lipinski definition) is 6. The average Bonchev–Trinajstić information content (AvgIpc) is 2.69. The van der Waals surface area contributed by atoms with Crippen LogP contribution in [0.25, 0.3) is 0 Å². The molecule has 0 saturated carbocycles. The van der Waals surface area contributed by atoms with Crippen molar-refractivity contribution >= 4 is 17.4 Å². The van der Waals surface area contributed by atoms with Crippen LogP contribution in [-0.4, -0.2) is 39.5 Å².